The first kappa shape index (κ1) is 25.6. The van der Waals surface area contributed by atoms with Crippen molar-refractivity contribution in [2.24, 2.45) is 59.2 Å². The van der Waals surface area contributed by atoms with Crippen molar-refractivity contribution < 1.29 is 0 Å². The molecule has 1 heteroatoms. The average molecular weight is 432 g/mol. The lowest BCUT2D eigenvalue weighted by atomic mass is 9.65. The molecule has 0 unspecified atom stereocenters. The summed E-state index contributed by atoms with van der Waals surface area (Å²) in [5.41, 5.74) is 0. The Labute approximate surface area is 196 Å². The van der Waals surface area contributed by atoms with E-state index in [9.17, 15) is 0 Å². The Morgan fingerprint density at radius 2 is 1.26 bits per heavy atom. The predicted octanol–water partition coefficient (Wildman–Crippen LogP) is 8.53. The average Bonchev–Trinajstić information content (AvgIpc) is 3.49. The summed E-state index contributed by atoms with van der Waals surface area (Å²) in [6.45, 7) is 17.6. The summed E-state index contributed by atoms with van der Waals surface area (Å²) in [5.74, 6) is 9.78. The molecule has 5 atom stereocenters. The molecule has 0 aromatic carbocycles. The summed E-state index contributed by atoms with van der Waals surface area (Å²) >= 11 is 0. The SMILES string of the molecule is CCC(CC)[C@@H](C[C@H](C[C@H](C[C@H](C)C1CN(C)C1)C1CCC1)C1CC1)C[C@@H](C)C(C)C. The molecule has 0 amide bonds. The lowest BCUT2D eigenvalue weighted by molar-refractivity contribution is 0.0549. The van der Waals surface area contributed by atoms with Crippen LogP contribution in [0.1, 0.15) is 112 Å². The molecule has 31 heavy (non-hydrogen) atoms. The molecule has 1 nitrogen and oxygen atoms in total. The Morgan fingerprint density at radius 1 is 0.677 bits per heavy atom. The summed E-state index contributed by atoms with van der Waals surface area (Å²) in [6, 6.07) is 0. The second kappa shape index (κ2) is 11.9. The van der Waals surface area contributed by atoms with Crippen LogP contribution in [0.15, 0.2) is 0 Å². The fourth-order valence-corrected chi connectivity index (χ4v) is 7.18. The van der Waals surface area contributed by atoms with Gasteiger partial charge in [0, 0.05) is 13.1 Å². The fraction of sp³-hybridized carbons (Fsp3) is 1.00. The Kier molecular flexibility index (Phi) is 9.82. The molecule has 0 aromatic heterocycles. The third-order valence-corrected chi connectivity index (χ3v) is 10.4. The number of nitrogens with zero attached hydrogens (tertiary/aromatic N) is 1. The molecular formula is C30H57N. The van der Waals surface area contributed by atoms with Gasteiger partial charge in [0.05, 0.1) is 0 Å². The van der Waals surface area contributed by atoms with Crippen LogP contribution in [-0.4, -0.2) is 25.0 Å². The van der Waals surface area contributed by atoms with E-state index in [1.807, 2.05) is 0 Å². The largest absolute Gasteiger partial charge is 0.306 e. The lowest BCUT2D eigenvalue weighted by Crippen LogP contribution is -2.47. The minimum Gasteiger partial charge on any atom is -0.306 e. The first-order valence-electron chi connectivity index (χ1n) is 14.5. The van der Waals surface area contributed by atoms with E-state index in [0.29, 0.717) is 0 Å². The summed E-state index contributed by atoms with van der Waals surface area (Å²) in [5, 5.41) is 0. The van der Waals surface area contributed by atoms with Gasteiger partial charge in [0.25, 0.3) is 0 Å². The first-order valence-corrected chi connectivity index (χ1v) is 14.5. The van der Waals surface area contributed by atoms with Gasteiger partial charge in [-0.15, -0.1) is 0 Å². The van der Waals surface area contributed by atoms with Gasteiger partial charge in [-0.3, -0.25) is 0 Å². The van der Waals surface area contributed by atoms with Gasteiger partial charge in [-0.1, -0.05) is 73.6 Å². The van der Waals surface area contributed by atoms with E-state index in [-0.39, 0.29) is 0 Å². The maximum atomic E-state index is 2.59. The van der Waals surface area contributed by atoms with Crippen molar-refractivity contribution in [3.8, 4) is 0 Å². The number of hydrogen-bond acceptors (Lipinski definition) is 1. The molecule has 2 aliphatic carbocycles. The van der Waals surface area contributed by atoms with Crippen LogP contribution in [0, 0.1) is 59.2 Å². The molecule has 182 valence electrons. The van der Waals surface area contributed by atoms with Crippen LogP contribution in [0.2, 0.25) is 0 Å². The summed E-state index contributed by atoms with van der Waals surface area (Å²) in [6.07, 6.45) is 16.6. The van der Waals surface area contributed by atoms with Gasteiger partial charge < -0.3 is 4.90 Å². The molecular weight excluding hydrogens is 374 g/mol. The lowest BCUT2D eigenvalue weighted by Gasteiger charge is -2.44. The Bertz CT molecular complexity index is 495. The quantitative estimate of drug-likeness (QED) is 0.251. The number of hydrogen-bond donors (Lipinski definition) is 0. The highest BCUT2D eigenvalue weighted by atomic mass is 15.2. The van der Waals surface area contributed by atoms with E-state index in [4.69, 9.17) is 0 Å². The van der Waals surface area contributed by atoms with E-state index >= 15 is 0 Å². The van der Waals surface area contributed by atoms with Crippen molar-refractivity contribution in [3.05, 3.63) is 0 Å². The smallest absolute Gasteiger partial charge is 0.00215 e. The standard InChI is InChI=1S/C30H57N/c1-8-24(9-2)27(15-22(5)21(3)4)17-29(26-13-14-26)18-28(25-11-10-12-25)16-23(6)30-19-31(7)20-30/h21-30H,8-20H2,1-7H3/t22-,23+,27-,28+,29-/m1/s1. The highest BCUT2D eigenvalue weighted by Gasteiger charge is 2.40. The second-order valence-corrected chi connectivity index (χ2v) is 13.0. The fourth-order valence-electron chi connectivity index (χ4n) is 7.18. The van der Waals surface area contributed by atoms with Gasteiger partial charge in [0.2, 0.25) is 0 Å². The Hall–Kier alpha value is -0.0400. The molecule has 1 aliphatic heterocycles. The zero-order chi connectivity index (χ0) is 22.5. The molecule has 0 spiro atoms. The maximum Gasteiger partial charge on any atom is 0.00215 e. The van der Waals surface area contributed by atoms with Crippen LogP contribution in [0.4, 0.5) is 0 Å². The molecule has 0 aromatic rings. The van der Waals surface area contributed by atoms with Crippen molar-refractivity contribution in [1.29, 1.82) is 0 Å². The highest BCUT2D eigenvalue weighted by Crippen LogP contribution is 2.49. The molecule has 2 saturated carbocycles. The van der Waals surface area contributed by atoms with Crippen LogP contribution in [0.3, 0.4) is 0 Å². The van der Waals surface area contributed by atoms with E-state index in [1.54, 1.807) is 38.5 Å². The van der Waals surface area contributed by atoms with Gasteiger partial charge in [0.15, 0.2) is 0 Å². The van der Waals surface area contributed by atoms with Crippen molar-refractivity contribution in [1.82, 2.24) is 4.90 Å². The highest BCUT2D eigenvalue weighted by molar-refractivity contribution is 4.91. The van der Waals surface area contributed by atoms with Crippen molar-refractivity contribution in [2.75, 3.05) is 20.1 Å². The van der Waals surface area contributed by atoms with Crippen molar-refractivity contribution >= 4 is 0 Å². The minimum atomic E-state index is 0.834. The van der Waals surface area contributed by atoms with E-state index < -0.39 is 0 Å². The molecule has 1 saturated heterocycles. The third kappa shape index (κ3) is 7.22. The summed E-state index contributed by atoms with van der Waals surface area (Å²) < 4.78 is 0. The van der Waals surface area contributed by atoms with E-state index in [0.717, 1.165) is 59.2 Å². The Balaban J connectivity index is 1.64. The van der Waals surface area contributed by atoms with Crippen LogP contribution in [0.5, 0.6) is 0 Å². The van der Waals surface area contributed by atoms with Crippen molar-refractivity contribution in [3.63, 3.8) is 0 Å². The predicted molar refractivity (Wildman–Crippen MR) is 137 cm³/mol. The van der Waals surface area contributed by atoms with Gasteiger partial charge >= 0.3 is 0 Å². The molecule has 0 N–H and O–H groups in total. The molecule has 3 fully saturated rings. The number of likely N-dealkylation sites (tertiary alicyclic amines) is 1. The molecule has 1 heterocycles. The third-order valence-electron chi connectivity index (χ3n) is 10.4. The molecule has 3 aliphatic rings. The van der Waals surface area contributed by atoms with Gasteiger partial charge in [-0.25, -0.2) is 0 Å². The maximum absolute atomic E-state index is 2.59. The number of rotatable bonds is 15. The van der Waals surface area contributed by atoms with Crippen LogP contribution < -0.4 is 0 Å². The zero-order valence-corrected chi connectivity index (χ0v) is 22.4. The molecule has 0 radical (unpaired) electrons. The summed E-state index contributed by atoms with van der Waals surface area (Å²) in [7, 11) is 2.30. The minimum absolute atomic E-state index is 0.834. The van der Waals surface area contributed by atoms with Crippen molar-refractivity contribution in [2.45, 2.75) is 112 Å². The van der Waals surface area contributed by atoms with E-state index in [1.165, 1.54) is 45.2 Å². The van der Waals surface area contributed by atoms with Crippen LogP contribution in [0.25, 0.3) is 0 Å². The molecule has 3 rings (SSSR count). The second-order valence-electron chi connectivity index (χ2n) is 13.0. The van der Waals surface area contributed by atoms with Crippen LogP contribution in [-0.2, 0) is 0 Å². The zero-order valence-electron chi connectivity index (χ0n) is 22.4. The van der Waals surface area contributed by atoms with E-state index in [2.05, 4.69) is 53.5 Å². The van der Waals surface area contributed by atoms with Crippen LogP contribution >= 0.6 is 0 Å². The monoisotopic (exact) mass is 431 g/mol. The Morgan fingerprint density at radius 3 is 1.71 bits per heavy atom. The van der Waals surface area contributed by atoms with Gasteiger partial charge in [0.1, 0.15) is 0 Å². The summed E-state index contributed by atoms with van der Waals surface area (Å²) in [4.78, 5) is 2.52. The van der Waals surface area contributed by atoms with Gasteiger partial charge in [-0.05, 0) is 105 Å². The normalized spacial score (nSPS) is 25.8. The topological polar surface area (TPSA) is 3.24 Å². The van der Waals surface area contributed by atoms with Gasteiger partial charge in [-0.2, -0.15) is 0 Å². The first-order chi connectivity index (χ1) is 14.8. The molecule has 0 bridgehead atoms.